The molecule has 160 valence electrons. The fourth-order valence-electron chi connectivity index (χ4n) is 3.12. The van der Waals surface area contributed by atoms with Gasteiger partial charge in [0.1, 0.15) is 11.6 Å². The topological polar surface area (TPSA) is 63.5 Å². The molecule has 0 saturated heterocycles. The predicted molar refractivity (Wildman–Crippen MR) is 133 cm³/mol. The van der Waals surface area contributed by atoms with Crippen LogP contribution in [0.2, 0.25) is 0 Å². The minimum absolute atomic E-state index is 0. The Balaban J connectivity index is 0.00000320. The number of nitrogens with one attached hydrogen (secondary N) is 2. The average Bonchev–Trinajstić information content (AvgIpc) is 3.19. The molecule has 0 bridgehead atoms. The molecule has 6 nitrogen and oxygen atoms in total. The minimum Gasteiger partial charge on any atom is -0.496 e. The first-order chi connectivity index (χ1) is 14.3. The van der Waals surface area contributed by atoms with Gasteiger partial charge < -0.3 is 19.9 Å². The lowest BCUT2D eigenvalue weighted by Crippen LogP contribution is -2.38. The molecule has 0 aliphatic rings. The lowest BCUT2D eigenvalue weighted by atomic mass is 10.2. The van der Waals surface area contributed by atoms with Crippen LogP contribution in [0.3, 0.4) is 0 Å². The molecule has 2 aromatic carbocycles. The fourth-order valence-corrected chi connectivity index (χ4v) is 3.12. The van der Waals surface area contributed by atoms with Gasteiger partial charge in [0.25, 0.3) is 0 Å². The number of guanidine groups is 1. The maximum Gasteiger partial charge on any atom is 0.191 e. The van der Waals surface area contributed by atoms with Crippen LogP contribution in [0.4, 0.5) is 0 Å². The molecule has 0 aliphatic heterocycles. The van der Waals surface area contributed by atoms with Crippen LogP contribution < -0.4 is 15.4 Å². The number of methoxy groups -OCH3 is 1. The third-order valence-corrected chi connectivity index (χ3v) is 4.58. The number of nitrogens with zero attached hydrogens (tertiary/aromatic N) is 3. The van der Waals surface area contributed by atoms with Gasteiger partial charge in [0.2, 0.25) is 0 Å². The van der Waals surface area contributed by atoms with Gasteiger partial charge in [-0.05, 0) is 18.6 Å². The summed E-state index contributed by atoms with van der Waals surface area (Å²) in [5.74, 6) is 2.71. The van der Waals surface area contributed by atoms with Crippen molar-refractivity contribution in [3.8, 4) is 5.75 Å². The molecule has 1 heterocycles. The van der Waals surface area contributed by atoms with Crippen LogP contribution in [0, 0.1) is 0 Å². The zero-order valence-electron chi connectivity index (χ0n) is 17.5. The molecule has 0 fully saturated rings. The van der Waals surface area contributed by atoms with E-state index in [1.165, 1.54) is 5.56 Å². The van der Waals surface area contributed by atoms with E-state index in [1.807, 2.05) is 42.7 Å². The lowest BCUT2D eigenvalue weighted by Gasteiger charge is -2.13. The molecule has 3 aromatic rings. The van der Waals surface area contributed by atoms with Gasteiger partial charge in [0.15, 0.2) is 5.96 Å². The van der Waals surface area contributed by atoms with Crippen molar-refractivity contribution in [2.75, 3.05) is 20.2 Å². The zero-order chi connectivity index (χ0) is 20.3. The first kappa shape index (κ1) is 23.7. The zero-order valence-corrected chi connectivity index (χ0v) is 19.9. The van der Waals surface area contributed by atoms with Crippen LogP contribution in [0.25, 0.3) is 0 Å². The van der Waals surface area contributed by atoms with E-state index in [0.717, 1.165) is 49.2 Å². The van der Waals surface area contributed by atoms with Gasteiger partial charge in [-0.2, -0.15) is 0 Å². The molecule has 0 aliphatic carbocycles. The molecular formula is C23H30IN5O. The Bertz CT molecular complexity index is 911. The number of imidazole rings is 1. The fraction of sp³-hybridized carbons (Fsp3) is 0.304. The van der Waals surface area contributed by atoms with Crippen LogP contribution in [0.5, 0.6) is 5.75 Å². The Morgan fingerprint density at radius 2 is 1.83 bits per heavy atom. The van der Waals surface area contributed by atoms with Crippen LogP contribution in [-0.4, -0.2) is 35.7 Å². The molecule has 0 unspecified atom stereocenters. The Hall–Kier alpha value is -2.55. The third kappa shape index (κ3) is 7.05. The number of halogens is 1. The average molecular weight is 519 g/mol. The molecule has 30 heavy (non-hydrogen) atoms. The highest BCUT2D eigenvalue weighted by Gasteiger charge is 2.06. The summed E-state index contributed by atoms with van der Waals surface area (Å²) in [4.78, 5) is 9.21. The standard InChI is InChI=1S/C23H29N5O.HI/c1-3-24-23(27-17-20-11-7-8-12-21(20)29-2)26-14-13-22-25-15-16-28(22)18-19-9-5-4-6-10-19;/h4-12,15-16H,3,13-14,17-18H2,1-2H3,(H2,24,26,27);1H. The predicted octanol–water partition coefficient (Wildman–Crippen LogP) is 3.86. The van der Waals surface area contributed by atoms with Crippen molar-refractivity contribution in [1.29, 1.82) is 0 Å². The second-order valence-electron chi connectivity index (χ2n) is 6.64. The third-order valence-electron chi connectivity index (χ3n) is 4.58. The maximum absolute atomic E-state index is 5.41. The van der Waals surface area contributed by atoms with Crippen molar-refractivity contribution in [1.82, 2.24) is 20.2 Å². The van der Waals surface area contributed by atoms with Gasteiger partial charge >= 0.3 is 0 Å². The molecule has 7 heteroatoms. The van der Waals surface area contributed by atoms with E-state index in [1.54, 1.807) is 7.11 Å². The molecule has 1 aromatic heterocycles. The van der Waals surface area contributed by atoms with Crippen molar-refractivity contribution in [3.63, 3.8) is 0 Å². The van der Waals surface area contributed by atoms with E-state index >= 15 is 0 Å². The number of aromatic nitrogens is 2. The summed E-state index contributed by atoms with van der Waals surface area (Å²) in [6, 6.07) is 18.4. The number of rotatable bonds is 9. The number of benzene rings is 2. The largest absolute Gasteiger partial charge is 0.496 e. The van der Waals surface area contributed by atoms with E-state index in [4.69, 9.17) is 4.74 Å². The number of hydrogen-bond donors (Lipinski definition) is 2. The second kappa shape index (κ2) is 12.9. The highest BCUT2D eigenvalue weighted by atomic mass is 127. The van der Waals surface area contributed by atoms with Gasteiger partial charge in [-0.1, -0.05) is 48.5 Å². The Labute approximate surface area is 195 Å². The van der Waals surface area contributed by atoms with E-state index in [9.17, 15) is 0 Å². The molecule has 0 saturated carbocycles. The van der Waals surface area contributed by atoms with Gasteiger partial charge in [0.05, 0.1) is 13.7 Å². The van der Waals surface area contributed by atoms with Crippen LogP contribution in [-0.2, 0) is 19.5 Å². The molecule has 0 spiro atoms. The van der Waals surface area contributed by atoms with Gasteiger partial charge in [0, 0.05) is 44.0 Å². The van der Waals surface area contributed by atoms with E-state index < -0.39 is 0 Å². The van der Waals surface area contributed by atoms with Crippen molar-refractivity contribution in [3.05, 3.63) is 83.9 Å². The first-order valence-corrected chi connectivity index (χ1v) is 9.98. The van der Waals surface area contributed by atoms with E-state index in [-0.39, 0.29) is 24.0 Å². The van der Waals surface area contributed by atoms with Crippen molar-refractivity contribution in [2.24, 2.45) is 4.99 Å². The van der Waals surface area contributed by atoms with Crippen LogP contribution >= 0.6 is 24.0 Å². The van der Waals surface area contributed by atoms with Gasteiger partial charge in [-0.15, -0.1) is 24.0 Å². The number of aliphatic imine (C=N–C) groups is 1. The SMILES string of the molecule is CCNC(=NCc1ccccc1OC)NCCc1nccn1Cc1ccccc1.I. The summed E-state index contributed by atoms with van der Waals surface area (Å²) in [5, 5.41) is 6.70. The Morgan fingerprint density at radius 1 is 1.07 bits per heavy atom. The van der Waals surface area contributed by atoms with Gasteiger partial charge in [-0.3, -0.25) is 0 Å². The number of ether oxygens (including phenoxy) is 1. The maximum atomic E-state index is 5.41. The molecule has 0 radical (unpaired) electrons. The second-order valence-corrected chi connectivity index (χ2v) is 6.64. The van der Waals surface area contributed by atoms with E-state index in [2.05, 4.69) is 56.4 Å². The molecule has 3 rings (SSSR count). The van der Waals surface area contributed by atoms with Crippen molar-refractivity contribution >= 4 is 29.9 Å². The summed E-state index contributed by atoms with van der Waals surface area (Å²) in [5.41, 5.74) is 2.33. The highest BCUT2D eigenvalue weighted by Crippen LogP contribution is 2.17. The Morgan fingerprint density at radius 3 is 2.60 bits per heavy atom. The summed E-state index contributed by atoms with van der Waals surface area (Å²) in [6.45, 7) is 5.01. The molecule has 0 amide bonds. The summed E-state index contributed by atoms with van der Waals surface area (Å²) < 4.78 is 7.60. The van der Waals surface area contributed by atoms with Gasteiger partial charge in [-0.25, -0.2) is 9.98 Å². The highest BCUT2D eigenvalue weighted by molar-refractivity contribution is 14.0. The normalized spacial score (nSPS) is 10.9. The molecule has 0 atom stereocenters. The first-order valence-electron chi connectivity index (χ1n) is 9.98. The van der Waals surface area contributed by atoms with Crippen LogP contribution in [0.1, 0.15) is 23.9 Å². The minimum atomic E-state index is 0. The quantitative estimate of drug-likeness (QED) is 0.256. The molecule has 2 N–H and O–H groups in total. The monoisotopic (exact) mass is 519 g/mol. The van der Waals surface area contributed by atoms with Crippen LogP contribution in [0.15, 0.2) is 72.0 Å². The summed E-state index contributed by atoms with van der Waals surface area (Å²) in [6.07, 6.45) is 4.71. The van der Waals surface area contributed by atoms with Crippen molar-refractivity contribution < 1.29 is 4.74 Å². The number of para-hydroxylation sites is 1. The Kier molecular flexibility index (Phi) is 10.2. The van der Waals surface area contributed by atoms with Crippen molar-refractivity contribution in [2.45, 2.75) is 26.4 Å². The van der Waals surface area contributed by atoms with E-state index in [0.29, 0.717) is 6.54 Å². The summed E-state index contributed by atoms with van der Waals surface area (Å²) >= 11 is 0. The molecular weight excluding hydrogens is 489 g/mol. The lowest BCUT2D eigenvalue weighted by molar-refractivity contribution is 0.410. The smallest absolute Gasteiger partial charge is 0.191 e. The number of hydrogen-bond acceptors (Lipinski definition) is 3. The summed E-state index contributed by atoms with van der Waals surface area (Å²) in [7, 11) is 1.68.